The van der Waals surface area contributed by atoms with E-state index in [2.05, 4.69) is 81.5 Å². The van der Waals surface area contributed by atoms with Crippen LogP contribution in [-0.2, 0) is 23.8 Å². The van der Waals surface area contributed by atoms with Crippen LogP contribution in [0.4, 0.5) is 0 Å². The summed E-state index contributed by atoms with van der Waals surface area (Å²) in [5.74, 6) is -0.444. The van der Waals surface area contributed by atoms with Crippen LogP contribution >= 0.6 is 0 Å². The summed E-state index contributed by atoms with van der Waals surface area (Å²) >= 11 is 0. The average Bonchev–Trinajstić information content (AvgIpc) is 3.20. The number of ether oxygens (including phenoxy) is 3. The Labute approximate surface area is 347 Å². The monoisotopic (exact) mass is 783 g/mol. The molecule has 0 spiro atoms. The Morgan fingerprint density at radius 2 is 0.821 bits per heavy atom. The maximum atomic E-state index is 12.7. The van der Waals surface area contributed by atoms with Crippen LogP contribution in [0, 0.1) is 0 Å². The zero-order valence-corrected chi connectivity index (χ0v) is 37.1. The van der Waals surface area contributed by atoms with Crippen LogP contribution in [-0.4, -0.2) is 37.9 Å². The molecule has 0 N–H and O–H groups in total. The van der Waals surface area contributed by atoms with Gasteiger partial charge in [0.05, 0.1) is 6.61 Å². The Morgan fingerprint density at radius 1 is 0.411 bits per heavy atom. The zero-order chi connectivity index (χ0) is 40.7. The number of carbonyl (C=O) groups excluding carboxylic acids is 2. The van der Waals surface area contributed by atoms with E-state index in [1.165, 1.54) is 122 Å². The van der Waals surface area contributed by atoms with Crippen molar-refractivity contribution in [2.45, 2.75) is 232 Å². The SMILES string of the molecule is CC/C=C\C/C=C\C/C=C\C/C=C\CCCCC(=O)OCC(COCCCCCCCC/C=C\CCCC)OC(=O)CCCCCCCCCCCCCCC. The minimum absolute atomic E-state index is 0.0624. The Bertz CT molecular complexity index is 977. The molecule has 0 amide bonds. The minimum Gasteiger partial charge on any atom is -0.462 e. The summed E-state index contributed by atoms with van der Waals surface area (Å²) in [6.45, 7) is 7.63. The highest BCUT2D eigenvalue weighted by Crippen LogP contribution is 2.14. The standard InChI is InChI=1S/C51H90O5/c1-4-7-10-13-16-19-22-25-26-28-29-32-35-38-41-44-50(52)55-48-49(47-54-46-43-40-37-34-31-24-21-18-15-12-9-6-3)56-51(53)45-42-39-36-33-30-27-23-20-17-14-11-8-5-2/h7,10,15-16,18-19,25-26,29,32,49H,4-6,8-9,11-14,17,20-24,27-28,30-31,33-48H2,1-3H3/b10-7-,18-15-,19-16-,26-25-,32-29-. The molecule has 0 aromatic rings. The van der Waals surface area contributed by atoms with Gasteiger partial charge in [-0.1, -0.05) is 197 Å². The summed E-state index contributed by atoms with van der Waals surface area (Å²) in [5, 5.41) is 0. The van der Waals surface area contributed by atoms with E-state index in [4.69, 9.17) is 14.2 Å². The number of carbonyl (C=O) groups is 2. The summed E-state index contributed by atoms with van der Waals surface area (Å²) < 4.78 is 17.3. The number of hydrogen-bond acceptors (Lipinski definition) is 5. The summed E-state index contributed by atoms with van der Waals surface area (Å²) in [6, 6.07) is 0. The van der Waals surface area contributed by atoms with Gasteiger partial charge < -0.3 is 14.2 Å². The second-order valence-corrected chi connectivity index (χ2v) is 15.6. The third kappa shape index (κ3) is 44.3. The van der Waals surface area contributed by atoms with Crippen molar-refractivity contribution in [2.75, 3.05) is 19.8 Å². The van der Waals surface area contributed by atoms with Gasteiger partial charge in [-0.2, -0.15) is 0 Å². The van der Waals surface area contributed by atoms with Gasteiger partial charge in [0.25, 0.3) is 0 Å². The summed E-state index contributed by atoms with van der Waals surface area (Å²) in [6.07, 6.45) is 57.9. The highest BCUT2D eigenvalue weighted by atomic mass is 16.6. The minimum atomic E-state index is -0.553. The van der Waals surface area contributed by atoms with Gasteiger partial charge in [0.1, 0.15) is 6.61 Å². The average molecular weight is 783 g/mol. The molecular formula is C51H90O5. The first-order valence-corrected chi connectivity index (χ1v) is 23.8. The van der Waals surface area contributed by atoms with Crippen LogP contribution in [0.15, 0.2) is 60.8 Å². The highest BCUT2D eigenvalue weighted by molar-refractivity contribution is 5.70. The van der Waals surface area contributed by atoms with E-state index in [1.54, 1.807) is 0 Å². The van der Waals surface area contributed by atoms with Crippen LogP contribution in [0.1, 0.15) is 226 Å². The third-order valence-corrected chi connectivity index (χ3v) is 10.0. The molecule has 0 radical (unpaired) electrons. The third-order valence-electron chi connectivity index (χ3n) is 10.0. The van der Waals surface area contributed by atoms with Crippen LogP contribution < -0.4 is 0 Å². The lowest BCUT2D eigenvalue weighted by Gasteiger charge is -2.18. The Balaban J connectivity index is 4.32. The van der Waals surface area contributed by atoms with Crippen LogP contribution in [0.25, 0.3) is 0 Å². The van der Waals surface area contributed by atoms with Crippen molar-refractivity contribution in [1.82, 2.24) is 0 Å². The second-order valence-electron chi connectivity index (χ2n) is 15.6. The molecule has 1 atom stereocenters. The molecule has 0 aliphatic carbocycles. The molecule has 0 saturated heterocycles. The molecule has 1 unspecified atom stereocenters. The number of esters is 2. The van der Waals surface area contributed by atoms with Crippen molar-refractivity contribution in [3.05, 3.63) is 60.8 Å². The highest BCUT2D eigenvalue weighted by Gasteiger charge is 2.17. The van der Waals surface area contributed by atoms with E-state index < -0.39 is 6.10 Å². The van der Waals surface area contributed by atoms with E-state index in [0.29, 0.717) is 19.4 Å². The van der Waals surface area contributed by atoms with Crippen LogP contribution in [0.3, 0.4) is 0 Å². The number of allylic oxidation sites excluding steroid dienone is 10. The largest absolute Gasteiger partial charge is 0.462 e. The first-order chi connectivity index (χ1) is 27.6. The first kappa shape index (κ1) is 53.6. The molecule has 56 heavy (non-hydrogen) atoms. The van der Waals surface area contributed by atoms with Crippen molar-refractivity contribution in [1.29, 1.82) is 0 Å². The van der Waals surface area contributed by atoms with Crippen molar-refractivity contribution < 1.29 is 23.8 Å². The predicted octanol–water partition coefficient (Wildman–Crippen LogP) is 15.8. The molecule has 0 aromatic heterocycles. The fraction of sp³-hybridized carbons (Fsp3) is 0.765. The second kappa shape index (κ2) is 47.0. The maximum absolute atomic E-state index is 12.7. The lowest BCUT2D eigenvalue weighted by molar-refractivity contribution is -0.163. The molecular weight excluding hydrogens is 693 g/mol. The van der Waals surface area contributed by atoms with Crippen LogP contribution in [0.2, 0.25) is 0 Å². The summed E-state index contributed by atoms with van der Waals surface area (Å²) in [5.41, 5.74) is 0. The number of unbranched alkanes of at least 4 members (excludes halogenated alkanes) is 22. The fourth-order valence-corrected chi connectivity index (χ4v) is 6.48. The van der Waals surface area contributed by atoms with Crippen LogP contribution in [0.5, 0.6) is 0 Å². The summed E-state index contributed by atoms with van der Waals surface area (Å²) in [7, 11) is 0. The molecule has 5 heteroatoms. The Morgan fingerprint density at radius 3 is 1.39 bits per heavy atom. The molecule has 0 aliphatic heterocycles. The zero-order valence-electron chi connectivity index (χ0n) is 37.1. The number of rotatable bonds is 43. The van der Waals surface area contributed by atoms with Gasteiger partial charge >= 0.3 is 11.9 Å². The van der Waals surface area contributed by atoms with E-state index in [0.717, 1.165) is 70.6 Å². The van der Waals surface area contributed by atoms with E-state index >= 15 is 0 Å². The smallest absolute Gasteiger partial charge is 0.306 e. The van der Waals surface area contributed by atoms with Gasteiger partial charge in [0.2, 0.25) is 0 Å². The number of hydrogen-bond donors (Lipinski definition) is 0. The van der Waals surface area contributed by atoms with Gasteiger partial charge in [-0.15, -0.1) is 0 Å². The molecule has 0 heterocycles. The molecule has 5 nitrogen and oxygen atoms in total. The van der Waals surface area contributed by atoms with Gasteiger partial charge in [0, 0.05) is 19.4 Å². The van der Waals surface area contributed by atoms with Gasteiger partial charge in [0.15, 0.2) is 6.10 Å². The normalized spacial score (nSPS) is 12.7. The van der Waals surface area contributed by atoms with Crippen molar-refractivity contribution in [2.24, 2.45) is 0 Å². The van der Waals surface area contributed by atoms with Gasteiger partial charge in [-0.3, -0.25) is 9.59 Å². The molecule has 0 rings (SSSR count). The molecule has 0 fully saturated rings. The van der Waals surface area contributed by atoms with Crippen molar-refractivity contribution >= 4 is 11.9 Å². The van der Waals surface area contributed by atoms with E-state index in [-0.39, 0.29) is 25.2 Å². The predicted molar refractivity (Wildman–Crippen MR) is 242 cm³/mol. The molecule has 0 saturated carbocycles. The maximum Gasteiger partial charge on any atom is 0.306 e. The van der Waals surface area contributed by atoms with Gasteiger partial charge in [-0.25, -0.2) is 0 Å². The first-order valence-electron chi connectivity index (χ1n) is 23.8. The van der Waals surface area contributed by atoms with Gasteiger partial charge in [-0.05, 0) is 77.0 Å². The lowest BCUT2D eigenvalue weighted by atomic mass is 10.0. The Kier molecular flexibility index (Phi) is 45.0. The fourth-order valence-electron chi connectivity index (χ4n) is 6.48. The van der Waals surface area contributed by atoms with E-state index in [9.17, 15) is 9.59 Å². The summed E-state index contributed by atoms with van der Waals surface area (Å²) in [4.78, 5) is 25.3. The Hall–Kier alpha value is -2.40. The molecule has 324 valence electrons. The van der Waals surface area contributed by atoms with E-state index in [1.807, 2.05) is 0 Å². The van der Waals surface area contributed by atoms with Crippen molar-refractivity contribution in [3.8, 4) is 0 Å². The molecule has 0 bridgehead atoms. The lowest BCUT2D eigenvalue weighted by Crippen LogP contribution is -2.30. The quantitative estimate of drug-likeness (QED) is 0.0350. The molecule has 0 aliphatic rings. The topological polar surface area (TPSA) is 61.8 Å². The van der Waals surface area contributed by atoms with Crippen molar-refractivity contribution in [3.63, 3.8) is 0 Å². The molecule has 0 aromatic carbocycles.